The number of nitrogens with zero attached hydrogens (tertiary/aromatic N) is 1. The Labute approximate surface area is 157 Å². The fourth-order valence-corrected chi connectivity index (χ4v) is 2.94. The van der Waals surface area contributed by atoms with E-state index in [0.29, 0.717) is 23.7 Å². The summed E-state index contributed by atoms with van der Waals surface area (Å²) in [5, 5.41) is 11.8. The fourth-order valence-electron chi connectivity index (χ4n) is 2.94. The van der Waals surface area contributed by atoms with Crippen LogP contribution in [-0.4, -0.2) is 34.8 Å². The van der Waals surface area contributed by atoms with Gasteiger partial charge in [-0.25, -0.2) is 4.79 Å². The maximum absolute atomic E-state index is 12.6. The number of nitrogens with one attached hydrogen (secondary N) is 1. The van der Waals surface area contributed by atoms with Crippen molar-refractivity contribution in [3.8, 4) is 0 Å². The van der Waals surface area contributed by atoms with Gasteiger partial charge in [0.05, 0.1) is 5.56 Å². The smallest absolute Gasteiger partial charge is 0.335 e. The van der Waals surface area contributed by atoms with Gasteiger partial charge in [-0.15, -0.1) is 0 Å². The summed E-state index contributed by atoms with van der Waals surface area (Å²) in [7, 11) is 1.69. The Bertz CT molecular complexity index is 859. The van der Waals surface area contributed by atoms with E-state index >= 15 is 0 Å². The normalized spacial score (nSPS) is 17.9. The molecule has 140 valence electrons. The van der Waals surface area contributed by atoms with E-state index < -0.39 is 5.97 Å². The Morgan fingerprint density at radius 2 is 1.59 bits per heavy atom. The van der Waals surface area contributed by atoms with Crippen LogP contribution in [0.15, 0.2) is 48.5 Å². The summed E-state index contributed by atoms with van der Waals surface area (Å²) in [6, 6.07) is 13.3. The predicted octanol–water partition coefficient (Wildman–Crippen LogP) is 3.25. The molecule has 0 heterocycles. The van der Waals surface area contributed by atoms with Crippen LogP contribution < -0.4 is 5.32 Å². The van der Waals surface area contributed by atoms with Crippen LogP contribution in [0.2, 0.25) is 0 Å². The van der Waals surface area contributed by atoms with Crippen molar-refractivity contribution < 1.29 is 19.5 Å². The molecular formula is C21H22N2O4. The lowest BCUT2D eigenvalue weighted by molar-refractivity contribution is -0.117. The number of benzene rings is 2. The van der Waals surface area contributed by atoms with Gasteiger partial charge in [-0.2, -0.15) is 0 Å². The Morgan fingerprint density at radius 1 is 1.04 bits per heavy atom. The van der Waals surface area contributed by atoms with E-state index in [4.69, 9.17) is 5.11 Å². The second-order valence-electron chi connectivity index (χ2n) is 7.05. The summed E-state index contributed by atoms with van der Waals surface area (Å²) >= 11 is 0. The van der Waals surface area contributed by atoms with E-state index in [1.165, 1.54) is 12.1 Å². The summed E-state index contributed by atoms with van der Waals surface area (Å²) in [6.07, 6.45) is 0.931. The molecule has 2 unspecified atom stereocenters. The Morgan fingerprint density at radius 3 is 2.11 bits per heavy atom. The fraction of sp³-hybridized carbons (Fsp3) is 0.286. The lowest BCUT2D eigenvalue weighted by atomic mass is 10.1. The number of rotatable bonds is 6. The number of carbonyl (C=O) groups excluding carboxylic acids is 2. The van der Waals surface area contributed by atoms with Crippen LogP contribution in [0.25, 0.3) is 0 Å². The number of hydrogen-bond donors (Lipinski definition) is 2. The largest absolute Gasteiger partial charge is 0.478 e. The van der Waals surface area contributed by atoms with Crippen molar-refractivity contribution in [1.82, 2.24) is 4.90 Å². The van der Waals surface area contributed by atoms with Gasteiger partial charge in [0.25, 0.3) is 5.91 Å². The third-order valence-corrected chi connectivity index (χ3v) is 4.81. The van der Waals surface area contributed by atoms with E-state index in [2.05, 4.69) is 12.2 Å². The Kier molecular flexibility index (Phi) is 5.26. The van der Waals surface area contributed by atoms with Crippen molar-refractivity contribution >= 4 is 23.5 Å². The monoisotopic (exact) mass is 366 g/mol. The van der Waals surface area contributed by atoms with Gasteiger partial charge in [-0.05, 0) is 54.3 Å². The average Bonchev–Trinajstić information content (AvgIpc) is 3.39. The van der Waals surface area contributed by atoms with E-state index in [1.54, 1.807) is 48.3 Å². The highest BCUT2D eigenvalue weighted by atomic mass is 16.4. The van der Waals surface area contributed by atoms with Crippen molar-refractivity contribution in [2.24, 2.45) is 11.8 Å². The molecule has 2 atom stereocenters. The van der Waals surface area contributed by atoms with Crippen molar-refractivity contribution in [2.75, 3.05) is 12.4 Å². The number of anilines is 1. The highest BCUT2D eigenvalue weighted by Gasteiger charge is 2.39. The van der Waals surface area contributed by atoms with Crippen LogP contribution in [0, 0.1) is 11.8 Å². The van der Waals surface area contributed by atoms with Gasteiger partial charge < -0.3 is 15.3 Å². The van der Waals surface area contributed by atoms with Crippen molar-refractivity contribution in [2.45, 2.75) is 19.9 Å². The summed E-state index contributed by atoms with van der Waals surface area (Å²) in [6.45, 7) is 2.42. The first kappa shape index (κ1) is 18.6. The van der Waals surface area contributed by atoms with Crippen molar-refractivity contribution in [3.63, 3.8) is 0 Å². The number of carboxylic acid groups (broad SMARTS) is 1. The van der Waals surface area contributed by atoms with E-state index in [9.17, 15) is 14.4 Å². The van der Waals surface area contributed by atoms with Crippen molar-refractivity contribution in [3.05, 3.63) is 65.2 Å². The van der Waals surface area contributed by atoms with E-state index in [-0.39, 0.29) is 23.3 Å². The molecule has 1 fully saturated rings. The summed E-state index contributed by atoms with van der Waals surface area (Å²) in [4.78, 5) is 37.0. The molecule has 1 aliphatic carbocycles. The summed E-state index contributed by atoms with van der Waals surface area (Å²) in [5.41, 5.74) is 2.27. The molecule has 0 bridgehead atoms. The molecule has 2 amide bonds. The van der Waals surface area contributed by atoms with Crippen LogP contribution in [-0.2, 0) is 11.3 Å². The van der Waals surface area contributed by atoms with Gasteiger partial charge in [0, 0.05) is 30.8 Å². The first-order valence-electron chi connectivity index (χ1n) is 8.84. The van der Waals surface area contributed by atoms with Crippen LogP contribution in [0.4, 0.5) is 5.69 Å². The minimum atomic E-state index is -0.977. The van der Waals surface area contributed by atoms with E-state index in [0.717, 1.165) is 12.0 Å². The zero-order valence-corrected chi connectivity index (χ0v) is 15.3. The quantitative estimate of drug-likeness (QED) is 0.822. The predicted molar refractivity (Wildman–Crippen MR) is 102 cm³/mol. The highest BCUT2D eigenvalue weighted by Crippen LogP contribution is 2.38. The Hall–Kier alpha value is -3.15. The van der Waals surface area contributed by atoms with Crippen LogP contribution >= 0.6 is 0 Å². The summed E-state index contributed by atoms with van der Waals surface area (Å²) in [5.74, 6) is -0.544. The average molecular weight is 366 g/mol. The van der Waals surface area contributed by atoms with Crippen LogP contribution in [0.1, 0.15) is 39.6 Å². The number of carboxylic acids is 1. The molecule has 0 saturated heterocycles. The number of carbonyl (C=O) groups is 3. The van der Waals surface area contributed by atoms with Gasteiger partial charge in [0.2, 0.25) is 5.91 Å². The topological polar surface area (TPSA) is 86.7 Å². The molecule has 27 heavy (non-hydrogen) atoms. The molecule has 0 radical (unpaired) electrons. The zero-order chi connectivity index (χ0) is 19.6. The molecule has 2 N–H and O–H groups in total. The summed E-state index contributed by atoms with van der Waals surface area (Å²) < 4.78 is 0. The maximum atomic E-state index is 12.6. The van der Waals surface area contributed by atoms with E-state index in [1.807, 2.05) is 0 Å². The number of hydrogen-bond acceptors (Lipinski definition) is 3. The second-order valence-corrected chi connectivity index (χ2v) is 7.05. The molecule has 2 aromatic rings. The molecule has 0 spiro atoms. The SMILES string of the molecule is CC1CC1C(=O)Nc1ccc(C(=O)N(C)Cc2ccc(C(=O)O)cc2)cc1. The third kappa shape index (κ3) is 4.53. The minimum Gasteiger partial charge on any atom is -0.478 e. The zero-order valence-electron chi connectivity index (χ0n) is 15.3. The lowest BCUT2D eigenvalue weighted by Gasteiger charge is -2.17. The Balaban J connectivity index is 1.59. The van der Waals surface area contributed by atoms with Crippen molar-refractivity contribution in [1.29, 1.82) is 0 Å². The van der Waals surface area contributed by atoms with Crippen LogP contribution in [0.3, 0.4) is 0 Å². The minimum absolute atomic E-state index is 0.0310. The second kappa shape index (κ2) is 7.61. The molecule has 3 rings (SSSR count). The molecule has 0 aromatic heterocycles. The molecule has 6 heteroatoms. The van der Waals surface area contributed by atoms with Gasteiger partial charge in [-0.1, -0.05) is 19.1 Å². The highest BCUT2D eigenvalue weighted by molar-refractivity contribution is 5.97. The molecule has 6 nitrogen and oxygen atoms in total. The number of aromatic carboxylic acids is 1. The molecule has 1 saturated carbocycles. The van der Waals surface area contributed by atoms with Gasteiger partial charge in [0.15, 0.2) is 0 Å². The van der Waals surface area contributed by atoms with Gasteiger partial charge in [-0.3, -0.25) is 9.59 Å². The first-order valence-corrected chi connectivity index (χ1v) is 8.84. The van der Waals surface area contributed by atoms with Gasteiger partial charge in [0.1, 0.15) is 0 Å². The molecule has 1 aliphatic rings. The first-order chi connectivity index (χ1) is 12.8. The number of amides is 2. The molecule has 2 aromatic carbocycles. The standard InChI is InChI=1S/C21H22N2O4/c1-13-11-18(13)19(24)22-17-9-7-15(8-10-17)20(25)23(2)12-14-3-5-16(6-4-14)21(26)27/h3-10,13,18H,11-12H2,1-2H3,(H,22,24)(H,26,27). The maximum Gasteiger partial charge on any atom is 0.335 e. The third-order valence-electron chi connectivity index (χ3n) is 4.81. The molecule has 0 aliphatic heterocycles. The molecular weight excluding hydrogens is 344 g/mol. The van der Waals surface area contributed by atoms with Crippen LogP contribution in [0.5, 0.6) is 0 Å². The van der Waals surface area contributed by atoms with Gasteiger partial charge >= 0.3 is 5.97 Å². The lowest BCUT2D eigenvalue weighted by Crippen LogP contribution is -2.26.